The van der Waals surface area contributed by atoms with E-state index < -0.39 is 5.60 Å². The van der Waals surface area contributed by atoms with Crippen LogP contribution in [-0.2, 0) is 18.3 Å². The van der Waals surface area contributed by atoms with E-state index in [-0.39, 0.29) is 5.41 Å². The van der Waals surface area contributed by atoms with Gasteiger partial charge in [-0.1, -0.05) is 35.9 Å². The van der Waals surface area contributed by atoms with Crippen LogP contribution in [0.1, 0.15) is 23.2 Å². The average Bonchev–Trinajstić information content (AvgIpc) is 3.09. The van der Waals surface area contributed by atoms with E-state index >= 15 is 0 Å². The van der Waals surface area contributed by atoms with E-state index in [0.29, 0.717) is 13.0 Å². The zero-order valence-electron chi connectivity index (χ0n) is 17.2. The number of nitrogens with one attached hydrogen (secondary N) is 1. The minimum Gasteiger partial charge on any atom is -0.497 e. The van der Waals surface area contributed by atoms with Crippen LogP contribution in [0.15, 0.2) is 55.1 Å². The largest absolute Gasteiger partial charge is 0.497 e. The van der Waals surface area contributed by atoms with Crippen LogP contribution in [-0.4, -0.2) is 47.3 Å². The predicted molar refractivity (Wildman–Crippen MR) is 122 cm³/mol. The number of likely N-dealkylation sites (tertiary alicyclic amines) is 1. The number of piperidine rings is 1. The van der Waals surface area contributed by atoms with Gasteiger partial charge in [-0.05, 0) is 48.4 Å². The summed E-state index contributed by atoms with van der Waals surface area (Å²) in [7, 11) is 1.69. The molecular weight excluding hydrogens is 396 g/mol. The highest BCUT2D eigenvalue weighted by Crippen LogP contribution is 2.52. The van der Waals surface area contributed by atoms with Crippen molar-refractivity contribution in [1.29, 1.82) is 0 Å². The van der Waals surface area contributed by atoms with Crippen molar-refractivity contribution in [3.8, 4) is 5.75 Å². The third kappa shape index (κ3) is 2.82. The predicted octanol–water partition coefficient (Wildman–Crippen LogP) is 4.49. The summed E-state index contributed by atoms with van der Waals surface area (Å²) in [5, 5.41) is 14.1. The molecule has 0 spiro atoms. The van der Waals surface area contributed by atoms with E-state index in [4.69, 9.17) is 16.3 Å². The summed E-state index contributed by atoms with van der Waals surface area (Å²) in [5.41, 5.74) is 3.21. The van der Waals surface area contributed by atoms with E-state index in [1.807, 2.05) is 30.3 Å². The molecule has 2 aromatic carbocycles. The van der Waals surface area contributed by atoms with Gasteiger partial charge in [-0.3, -0.25) is 4.90 Å². The van der Waals surface area contributed by atoms with Gasteiger partial charge in [0.15, 0.2) is 0 Å². The Morgan fingerprint density at radius 3 is 2.90 bits per heavy atom. The number of aromatic nitrogens is 1. The maximum Gasteiger partial charge on any atom is 0.119 e. The maximum absolute atomic E-state index is 12.3. The van der Waals surface area contributed by atoms with E-state index in [1.165, 1.54) is 5.69 Å². The number of methoxy groups -OCH3 is 1. The number of nitrogens with zero attached hydrogens (tertiary/aromatic N) is 1. The fourth-order valence-corrected chi connectivity index (χ4v) is 5.99. The summed E-state index contributed by atoms with van der Waals surface area (Å²) in [6.45, 7) is 6.20. The molecule has 156 valence electrons. The summed E-state index contributed by atoms with van der Waals surface area (Å²) >= 11 is 6.58. The molecule has 1 saturated heterocycles. The monoisotopic (exact) mass is 422 g/mol. The van der Waals surface area contributed by atoms with E-state index in [1.54, 1.807) is 7.11 Å². The maximum atomic E-state index is 12.3. The number of aliphatic hydroxyl groups is 1. The molecule has 5 rings (SSSR count). The smallest absolute Gasteiger partial charge is 0.119 e. The van der Waals surface area contributed by atoms with Gasteiger partial charge >= 0.3 is 0 Å². The number of H-pyrrole nitrogens is 1. The Kier molecular flexibility index (Phi) is 4.69. The standard InChI is InChI=1S/C25H27ClN2O2/c1-3-11-28-12-10-24(17-6-4-7-18(13-17)30-2)15-22-19(14-25(24,29)16-28)23-20(26)8-5-9-21(23)27-22/h3-9,13,27,29H,1,10-12,14-16H2,2H3/t24-,25-/m0/s1. The minimum absolute atomic E-state index is 0.389. The van der Waals surface area contributed by atoms with E-state index in [9.17, 15) is 5.11 Å². The Morgan fingerprint density at radius 2 is 2.10 bits per heavy atom. The molecule has 4 nitrogen and oxygen atoms in total. The lowest BCUT2D eigenvalue weighted by molar-refractivity contribution is -0.100. The topological polar surface area (TPSA) is 48.5 Å². The first-order valence-corrected chi connectivity index (χ1v) is 10.9. The molecule has 0 amide bonds. The first-order valence-electron chi connectivity index (χ1n) is 10.5. The van der Waals surface area contributed by atoms with Crippen molar-refractivity contribution in [2.75, 3.05) is 26.7 Å². The first-order chi connectivity index (χ1) is 14.5. The molecule has 5 heteroatoms. The van der Waals surface area contributed by atoms with Crippen molar-refractivity contribution in [3.05, 3.63) is 77.0 Å². The molecule has 1 aromatic heterocycles. The molecule has 2 heterocycles. The number of hydrogen-bond donors (Lipinski definition) is 2. The van der Waals surface area contributed by atoms with Crippen molar-refractivity contribution in [2.24, 2.45) is 0 Å². The SMILES string of the molecule is C=CCN1CC[C@@]2(c3cccc(OC)c3)Cc3[nH]c4cccc(Cl)c4c3C[C@]2(O)C1. The van der Waals surface area contributed by atoms with Gasteiger partial charge < -0.3 is 14.8 Å². The van der Waals surface area contributed by atoms with Crippen LogP contribution in [0.25, 0.3) is 10.9 Å². The average molecular weight is 423 g/mol. The van der Waals surface area contributed by atoms with Gasteiger partial charge in [0.2, 0.25) is 0 Å². The fourth-order valence-electron chi connectivity index (χ4n) is 5.70. The van der Waals surface area contributed by atoms with Crippen molar-refractivity contribution in [3.63, 3.8) is 0 Å². The lowest BCUT2D eigenvalue weighted by Crippen LogP contribution is -2.66. The number of fused-ring (bicyclic) bond motifs is 4. The molecule has 2 aliphatic rings. The number of ether oxygens (including phenoxy) is 1. The van der Waals surface area contributed by atoms with Crippen molar-refractivity contribution < 1.29 is 9.84 Å². The third-order valence-corrected chi connectivity index (χ3v) is 7.47. The number of benzene rings is 2. The van der Waals surface area contributed by atoms with Crippen molar-refractivity contribution >= 4 is 22.5 Å². The molecule has 30 heavy (non-hydrogen) atoms. The first kappa shape index (κ1) is 19.7. The van der Waals surface area contributed by atoms with Crippen molar-refractivity contribution in [2.45, 2.75) is 30.3 Å². The number of aromatic amines is 1. The van der Waals surface area contributed by atoms with Crippen molar-refractivity contribution in [1.82, 2.24) is 9.88 Å². The summed E-state index contributed by atoms with van der Waals surface area (Å²) in [6.07, 6.45) is 4.10. The molecule has 1 fully saturated rings. The van der Waals surface area contributed by atoms with Crippen LogP contribution >= 0.6 is 11.6 Å². The van der Waals surface area contributed by atoms with Crippen LogP contribution < -0.4 is 4.74 Å². The second-order valence-electron chi connectivity index (χ2n) is 8.72. The lowest BCUT2D eigenvalue weighted by atomic mass is 9.56. The Bertz CT molecular complexity index is 1120. The van der Waals surface area contributed by atoms with Crippen LogP contribution in [0.5, 0.6) is 5.75 Å². The van der Waals surface area contributed by atoms with Gasteiger partial charge in [0.25, 0.3) is 0 Å². The molecule has 0 unspecified atom stereocenters. The summed E-state index contributed by atoms with van der Waals surface area (Å²) < 4.78 is 5.52. The quantitative estimate of drug-likeness (QED) is 0.609. The Balaban J connectivity index is 1.70. The van der Waals surface area contributed by atoms with Crippen LogP contribution in [0.2, 0.25) is 5.02 Å². The minimum atomic E-state index is -0.915. The number of β-amino-alcohol motifs (C(OH)–C–C–N with tert-alkyl or cyclic N) is 1. The summed E-state index contributed by atoms with van der Waals surface area (Å²) in [4.78, 5) is 5.91. The number of halogens is 1. The van der Waals surface area contributed by atoms with E-state index in [0.717, 1.165) is 58.7 Å². The van der Waals surface area contributed by atoms with Gasteiger partial charge in [-0.2, -0.15) is 0 Å². The molecule has 3 aromatic rings. The van der Waals surface area contributed by atoms with Gasteiger partial charge in [-0.15, -0.1) is 6.58 Å². The van der Waals surface area contributed by atoms with Gasteiger partial charge in [-0.25, -0.2) is 0 Å². The number of rotatable bonds is 4. The van der Waals surface area contributed by atoms with Crippen LogP contribution in [0.3, 0.4) is 0 Å². The Morgan fingerprint density at radius 1 is 1.27 bits per heavy atom. The molecule has 2 N–H and O–H groups in total. The zero-order valence-corrected chi connectivity index (χ0v) is 18.0. The van der Waals surface area contributed by atoms with Crippen LogP contribution in [0, 0.1) is 0 Å². The van der Waals surface area contributed by atoms with E-state index in [2.05, 4.69) is 34.7 Å². The molecule has 2 atom stereocenters. The highest BCUT2D eigenvalue weighted by molar-refractivity contribution is 6.35. The number of hydrogen-bond acceptors (Lipinski definition) is 3. The normalized spacial score (nSPS) is 26.2. The zero-order chi connectivity index (χ0) is 20.9. The Hall–Kier alpha value is -2.27. The second-order valence-corrected chi connectivity index (χ2v) is 9.12. The van der Waals surface area contributed by atoms with Gasteiger partial charge in [0.05, 0.1) is 17.7 Å². The molecule has 1 aliphatic heterocycles. The Labute approximate surface area is 182 Å². The molecule has 0 saturated carbocycles. The fraction of sp³-hybridized carbons (Fsp3) is 0.360. The highest BCUT2D eigenvalue weighted by atomic mass is 35.5. The lowest BCUT2D eigenvalue weighted by Gasteiger charge is -2.56. The molecule has 0 bridgehead atoms. The summed E-state index contributed by atoms with van der Waals surface area (Å²) in [5.74, 6) is 0.822. The molecular formula is C25H27ClN2O2. The van der Waals surface area contributed by atoms with Gasteiger partial charge in [0, 0.05) is 47.9 Å². The third-order valence-electron chi connectivity index (χ3n) is 7.15. The van der Waals surface area contributed by atoms with Gasteiger partial charge in [0.1, 0.15) is 5.75 Å². The highest BCUT2D eigenvalue weighted by Gasteiger charge is 2.57. The summed E-state index contributed by atoms with van der Waals surface area (Å²) in [6, 6.07) is 14.2. The second kappa shape index (κ2) is 7.16. The van der Waals surface area contributed by atoms with Crippen LogP contribution in [0.4, 0.5) is 0 Å². The molecule has 1 aliphatic carbocycles. The molecule has 0 radical (unpaired) electrons.